The fourth-order valence-electron chi connectivity index (χ4n) is 5.86. The smallest absolute Gasteiger partial charge is 0.198 e. The van der Waals surface area contributed by atoms with Crippen LogP contribution >= 0.6 is 45.2 Å². The van der Waals surface area contributed by atoms with Gasteiger partial charge in [0.05, 0.1) is 32.7 Å². The number of benzene rings is 4. The zero-order valence-corrected chi connectivity index (χ0v) is 31.4. The van der Waals surface area contributed by atoms with Gasteiger partial charge in [-0.2, -0.15) is 0 Å². The molecule has 282 valence electrons. The summed E-state index contributed by atoms with van der Waals surface area (Å²) < 4.78 is 213. The molecule has 0 fully saturated rings. The van der Waals surface area contributed by atoms with Gasteiger partial charge in [-0.3, -0.25) is 0 Å². The van der Waals surface area contributed by atoms with Crippen molar-refractivity contribution in [3.63, 3.8) is 0 Å². The minimum atomic E-state index is -2.61. The van der Waals surface area contributed by atoms with Crippen LogP contribution in [0.2, 0.25) is 0 Å². The molecular weight excluding hydrogens is 952 g/mol. The van der Waals surface area contributed by atoms with Gasteiger partial charge in [-0.25, -0.2) is 61.5 Å². The van der Waals surface area contributed by atoms with Gasteiger partial charge < -0.3 is 0 Å². The summed E-state index contributed by atoms with van der Waals surface area (Å²) in [6, 6.07) is 0. The van der Waals surface area contributed by atoms with Crippen molar-refractivity contribution in [1.29, 1.82) is 0 Å². The summed E-state index contributed by atoms with van der Waals surface area (Å²) in [6.45, 7) is 3.67. The molecule has 0 saturated carbocycles. The first-order valence-corrected chi connectivity index (χ1v) is 18.1. The van der Waals surface area contributed by atoms with Gasteiger partial charge >= 0.3 is 0 Å². The zero-order chi connectivity index (χ0) is 38.9. The summed E-state index contributed by atoms with van der Waals surface area (Å²) in [5.41, 5.74) is -5.39. The summed E-state index contributed by atoms with van der Waals surface area (Å²) in [5, 5.41) is -7.80. The van der Waals surface area contributed by atoms with Crippen molar-refractivity contribution in [2.45, 2.75) is 78.1 Å². The molecule has 0 aliphatic heterocycles. The summed E-state index contributed by atoms with van der Waals surface area (Å²) in [6.07, 6.45) is 3.47. The quantitative estimate of drug-likeness (QED) is 0.0313. The van der Waals surface area contributed by atoms with Gasteiger partial charge in [0.15, 0.2) is 69.8 Å². The van der Waals surface area contributed by atoms with Gasteiger partial charge in [0, 0.05) is 11.1 Å². The minimum absolute atomic E-state index is 0.194. The largest absolute Gasteiger partial charge is 0.205 e. The average Bonchev–Trinajstić information content (AvgIpc) is 3.11. The normalized spacial score (nSPS) is 13.0. The highest BCUT2D eigenvalue weighted by atomic mass is 127. The Hall–Kier alpha value is -2.64. The minimum Gasteiger partial charge on any atom is -0.205 e. The van der Waals surface area contributed by atoms with E-state index < -0.39 is 125 Å². The van der Waals surface area contributed by atoms with Crippen LogP contribution in [0.4, 0.5) is 61.5 Å². The standard InChI is InChI=1S/C36H26F14I2/c1-3-5-7-9-11-13(51)15(17-23(37)19-21(27(41)25(17)39)31(45)35(49)33(47)29(19)43)16(14(52)12-10-8-6-4-2)18-24(38)20-22(28(42)26(18)40)32(46)36(50)34(48)30(20)44/h3-12H2,1-2H3/b15-13+,16-14+. The molecule has 52 heavy (non-hydrogen) atoms. The molecule has 4 aromatic carbocycles. The monoisotopic (exact) mass is 978 g/mol. The van der Waals surface area contributed by atoms with Crippen LogP contribution < -0.4 is 0 Å². The van der Waals surface area contributed by atoms with Gasteiger partial charge in [-0.15, -0.1) is 0 Å². The van der Waals surface area contributed by atoms with Crippen LogP contribution in [-0.2, 0) is 0 Å². The number of hydrogen-bond acceptors (Lipinski definition) is 0. The van der Waals surface area contributed by atoms with E-state index in [0.717, 1.165) is 0 Å². The molecule has 0 saturated heterocycles. The molecule has 0 spiro atoms. The van der Waals surface area contributed by atoms with Gasteiger partial charge in [0.1, 0.15) is 11.6 Å². The van der Waals surface area contributed by atoms with Crippen LogP contribution in [-0.4, -0.2) is 0 Å². The van der Waals surface area contributed by atoms with E-state index in [0.29, 0.717) is 38.5 Å². The van der Waals surface area contributed by atoms with Crippen LogP contribution in [0.15, 0.2) is 7.16 Å². The lowest BCUT2D eigenvalue weighted by molar-refractivity contribution is 0.411. The molecule has 4 aromatic rings. The van der Waals surface area contributed by atoms with Gasteiger partial charge in [0.2, 0.25) is 0 Å². The van der Waals surface area contributed by atoms with Crippen molar-refractivity contribution in [3.8, 4) is 0 Å². The predicted octanol–water partition coefficient (Wildman–Crippen LogP) is 14.9. The van der Waals surface area contributed by atoms with Crippen molar-refractivity contribution in [2.24, 2.45) is 0 Å². The van der Waals surface area contributed by atoms with Gasteiger partial charge in [0.25, 0.3) is 0 Å². The highest BCUT2D eigenvalue weighted by Gasteiger charge is 2.38. The Balaban J connectivity index is 2.30. The second-order valence-corrected chi connectivity index (χ2v) is 14.4. The molecule has 0 atom stereocenters. The van der Waals surface area contributed by atoms with E-state index in [2.05, 4.69) is 0 Å². The maximum absolute atomic E-state index is 16.5. The highest BCUT2D eigenvalue weighted by Crippen LogP contribution is 2.50. The third-order valence-electron chi connectivity index (χ3n) is 8.47. The molecule has 0 aliphatic carbocycles. The zero-order valence-electron chi connectivity index (χ0n) is 27.1. The Labute approximate surface area is 315 Å². The highest BCUT2D eigenvalue weighted by molar-refractivity contribution is 14.1. The van der Waals surface area contributed by atoms with E-state index in [1.165, 1.54) is 45.2 Å². The number of fused-ring (bicyclic) bond motifs is 2. The second-order valence-electron chi connectivity index (χ2n) is 11.8. The predicted molar refractivity (Wildman–Crippen MR) is 187 cm³/mol. The van der Waals surface area contributed by atoms with Crippen molar-refractivity contribution in [3.05, 3.63) is 99.7 Å². The summed E-state index contributed by atoms with van der Waals surface area (Å²) in [5.74, 6) is -34.6. The van der Waals surface area contributed by atoms with Crippen LogP contribution in [0.3, 0.4) is 0 Å². The molecule has 0 bridgehead atoms. The third-order valence-corrected chi connectivity index (χ3v) is 10.6. The SMILES string of the molecule is CCCCCC/C(I)=C(/C(=C(\I)CCCCCC)c1c(F)c(F)c2c(F)c(F)c(F)c(F)c2c1F)c1c(F)c(F)c2c(F)c(F)c(F)c(F)c2c1F. The van der Waals surface area contributed by atoms with Crippen LogP contribution in [0.1, 0.15) is 89.2 Å². The molecule has 0 aliphatic rings. The molecule has 0 amide bonds. The van der Waals surface area contributed by atoms with E-state index >= 15 is 35.1 Å². The molecule has 4 rings (SSSR count). The molecule has 0 heterocycles. The van der Waals surface area contributed by atoms with Crippen molar-refractivity contribution >= 4 is 77.9 Å². The molecule has 0 unspecified atom stereocenters. The maximum atomic E-state index is 16.5. The van der Waals surface area contributed by atoms with Crippen LogP contribution in [0, 0.1) is 81.4 Å². The number of allylic oxidation sites excluding steroid dienone is 4. The number of hydrogen-bond donors (Lipinski definition) is 0. The molecular formula is C36H26F14I2. The summed E-state index contributed by atoms with van der Waals surface area (Å²) in [7, 11) is 0. The number of rotatable bonds is 13. The Morgan fingerprint density at radius 3 is 0.846 bits per heavy atom. The lowest BCUT2D eigenvalue weighted by atomic mass is 9.86. The van der Waals surface area contributed by atoms with E-state index in [-0.39, 0.29) is 32.8 Å². The lowest BCUT2D eigenvalue weighted by Crippen LogP contribution is -2.12. The Kier molecular flexibility index (Phi) is 13.9. The molecule has 0 nitrogen and oxygen atoms in total. The van der Waals surface area contributed by atoms with Gasteiger partial charge in [-0.05, 0) is 78.0 Å². The topological polar surface area (TPSA) is 0 Å². The Morgan fingerprint density at radius 1 is 0.327 bits per heavy atom. The third kappa shape index (κ3) is 7.39. The van der Waals surface area contributed by atoms with E-state index in [1.54, 1.807) is 0 Å². The van der Waals surface area contributed by atoms with E-state index in [9.17, 15) is 26.3 Å². The first kappa shape index (κ1) is 42.1. The van der Waals surface area contributed by atoms with Crippen molar-refractivity contribution < 1.29 is 61.5 Å². The Morgan fingerprint density at radius 2 is 0.577 bits per heavy atom. The van der Waals surface area contributed by atoms with Crippen molar-refractivity contribution in [1.82, 2.24) is 0 Å². The number of halogens is 16. The van der Waals surface area contributed by atoms with Crippen molar-refractivity contribution in [2.75, 3.05) is 0 Å². The number of unbranched alkanes of at least 4 members (excludes halogenated alkanes) is 6. The summed E-state index contributed by atoms with van der Waals surface area (Å²) >= 11 is 2.91. The fourth-order valence-corrected chi connectivity index (χ4v) is 7.71. The first-order valence-electron chi connectivity index (χ1n) is 15.9. The molecule has 0 radical (unpaired) electrons. The van der Waals surface area contributed by atoms with Gasteiger partial charge in [-0.1, -0.05) is 52.4 Å². The van der Waals surface area contributed by atoms with Crippen LogP contribution in [0.5, 0.6) is 0 Å². The fraction of sp³-hybridized carbons (Fsp3) is 0.333. The van der Waals surface area contributed by atoms with Crippen LogP contribution in [0.25, 0.3) is 32.7 Å². The molecule has 0 aromatic heterocycles. The lowest BCUT2D eigenvalue weighted by Gasteiger charge is -2.23. The maximum Gasteiger partial charge on any atom is 0.198 e. The molecule has 0 N–H and O–H groups in total. The van der Waals surface area contributed by atoms with E-state index in [4.69, 9.17) is 0 Å². The second kappa shape index (κ2) is 17.2. The summed E-state index contributed by atoms with van der Waals surface area (Å²) in [4.78, 5) is 0. The van der Waals surface area contributed by atoms with E-state index in [1.807, 2.05) is 13.8 Å². The molecule has 16 heteroatoms. The average molecular weight is 978 g/mol. The Bertz CT molecular complexity index is 1990. The first-order chi connectivity index (χ1) is 24.5.